The number of carbonyl (C=O) groups excluding carboxylic acids is 2. The minimum Gasteiger partial charge on any atom is -0.303 e. The van der Waals surface area contributed by atoms with Crippen LogP contribution in [0.5, 0.6) is 0 Å². The van der Waals surface area contributed by atoms with Gasteiger partial charge in [0.15, 0.2) is 0 Å². The van der Waals surface area contributed by atoms with Crippen molar-refractivity contribution in [1.29, 1.82) is 0 Å². The molecular formula is C15H16Cl2N2O2. The van der Waals surface area contributed by atoms with E-state index in [9.17, 15) is 9.59 Å². The highest BCUT2D eigenvalue weighted by Crippen LogP contribution is 2.16. The molecule has 1 aliphatic rings. The first-order valence-electron chi connectivity index (χ1n) is 6.78. The topological polar surface area (TPSA) is 49.4 Å². The van der Waals surface area contributed by atoms with Crippen molar-refractivity contribution in [2.24, 2.45) is 0 Å². The molecule has 6 heteroatoms. The fraction of sp³-hybridized carbons (Fsp3) is 0.333. The lowest BCUT2D eigenvalue weighted by Gasteiger charge is -2.10. The summed E-state index contributed by atoms with van der Waals surface area (Å²) in [5, 5.41) is 3.22. The number of imide groups is 1. The number of urea groups is 1. The van der Waals surface area contributed by atoms with Crippen LogP contribution in [0.25, 0.3) is 6.08 Å². The number of carbonyl (C=O) groups is 2. The molecule has 1 heterocycles. The van der Waals surface area contributed by atoms with Gasteiger partial charge in [-0.1, -0.05) is 30.2 Å². The van der Waals surface area contributed by atoms with E-state index in [0.29, 0.717) is 23.1 Å². The fourth-order valence-electron chi connectivity index (χ4n) is 2.04. The molecule has 0 saturated carbocycles. The number of hydrogen-bond donors (Lipinski definition) is 1. The van der Waals surface area contributed by atoms with Crippen LogP contribution in [0.1, 0.15) is 24.8 Å². The van der Waals surface area contributed by atoms with E-state index in [2.05, 4.69) is 5.32 Å². The Kier molecular flexibility index (Phi) is 5.65. The van der Waals surface area contributed by atoms with Gasteiger partial charge in [0.25, 0.3) is 5.91 Å². The number of hydrogen-bond acceptors (Lipinski definition) is 2. The van der Waals surface area contributed by atoms with E-state index < -0.39 is 0 Å². The molecule has 0 bridgehead atoms. The molecule has 112 valence electrons. The van der Waals surface area contributed by atoms with E-state index in [4.69, 9.17) is 23.2 Å². The molecule has 0 aliphatic carbocycles. The van der Waals surface area contributed by atoms with Crippen LogP contribution >= 0.6 is 23.2 Å². The molecule has 1 fully saturated rings. The third-order valence-corrected chi connectivity index (χ3v) is 3.68. The van der Waals surface area contributed by atoms with Gasteiger partial charge in [-0.25, -0.2) is 4.79 Å². The first-order valence-corrected chi connectivity index (χ1v) is 7.69. The fourth-order valence-corrected chi connectivity index (χ4v) is 2.36. The van der Waals surface area contributed by atoms with E-state index in [1.807, 2.05) is 0 Å². The predicted octanol–water partition coefficient (Wildman–Crippen LogP) is 3.64. The molecule has 1 aromatic carbocycles. The third-order valence-electron chi connectivity index (χ3n) is 3.16. The lowest BCUT2D eigenvalue weighted by molar-refractivity contribution is -0.122. The zero-order valence-electron chi connectivity index (χ0n) is 11.4. The first-order chi connectivity index (χ1) is 10.1. The zero-order chi connectivity index (χ0) is 15.2. The summed E-state index contributed by atoms with van der Waals surface area (Å²) < 4.78 is 0. The minimum atomic E-state index is -0.369. The van der Waals surface area contributed by atoms with Crippen LogP contribution < -0.4 is 5.32 Å². The highest BCUT2D eigenvalue weighted by Gasteiger charge is 2.32. The minimum absolute atomic E-state index is 0.291. The Bertz CT molecular complexity index is 555. The van der Waals surface area contributed by atoms with Gasteiger partial charge in [0, 0.05) is 17.4 Å². The number of halogens is 2. The van der Waals surface area contributed by atoms with Crippen molar-refractivity contribution in [3.63, 3.8) is 0 Å². The Hall–Kier alpha value is -1.52. The van der Waals surface area contributed by atoms with E-state index >= 15 is 0 Å². The Morgan fingerprint density at radius 1 is 1.10 bits per heavy atom. The SMILES string of the molecule is O=C1N/C(=C\c2ccc(Cl)cc2)C(=O)N1CCCCCCl. The quantitative estimate of drug-likeness (QED) is 0.375. The van der Waals surface area contributed by atoms with Crippen LogP contribution in [-0.2, 0) is 4.79 Å². The van der Waals surface area contributed by atoms with Crippen molar-refractivity contribution in [2.75, 3.05) is 12.4 Å². The van der Waals surface area contributed by atoms with Crippen LogP contribution in [-0.4, -0.2) is 29.3 Å². The molecule has 0 aromatic heterocycles. The molecule has 4 nitrogen and oxygen atoms in total. The van der Waals surface area contributed by atoms with Crippen molar-refractivity contribution in [1.82, 2.24) is 10.2 Å². The van der Waals surface area contributed by atoms with Gasteiger partial charge in [-0.3, -0.25) is 9.69 Å². The second kappa shape index (κ2) is 7.48. The lowest BCUT2D eigenvalue weighted by atomic mass is 10.2. The van der Waals surface area contributed by atoms with E-state index in [1.165, 1.54) is 4.90 Å². The highest BCUT2D eigenvalue weighted by molar-refractivity contribution is 6.30. The summed E-state index contributed by atoms with van der Waals surface area (Å²) in [5.41, 5.74) is 1.10. The molecule has 21 heavy (non-hydrogen) atoms. The molecule has 1 saturated heterocycles. The first kappa shape index (κ1) is 15.9. The summed E-state index contributed by atoms with van der Waals surface area (Å²) in [6.45, 7) is 0.416. The normalized spacial score (nSPS) is 16.7. The number of benzene rings is 1. The maximum atomic E-state index is 12.2. The summed E-state index contributed by atoms with van der Waals surface area (Å²) in [7, 11) is 0. The molecule has 1 aliphatic heterocycles. The number of rotatable bonds is 6. The molecule has 0 spiro atoms. The molecule has 2 rings (SSSR count). The molecule has 1 aromatic rings. The summed E-state index contributed by atoms with van der Waals surface area (Å²) in [4.78, 5) is 25.2. The second-order valence-corrected chi connectivity index (χ2v) is 5.56. The van der Waals surface area contributed by atoms with Crippen LogP contribution in [0.4, 0.5) is 4.79 Å². The summed E-state index contributed by atoms with van der Waals surface area (Å²) >= 11 is 11.4. The van der Waals surface area contributed by atoms with E-state index in [0.717, 1.165) is 24.8 Å². The second-order valence-electron chi connectivity index (χ2n) is 4.75. The number of nitrogens with one attached hydrogen (secondary N) is 1. The van der Waals surface area contributed by atoms with Crippen molar-refractivity contribution in [3.8, 4) is 0 Å². The van der Waals surface area contributed by atoms with Gasteiger partial charge < -0.3 is 5.32 Å². The molecule has 1 N–H and O–H groups in total. The average molecular weight is 327 g/mol. The highest BCUT2D eigenvalue weighted by atomic mass is 35.5. The Balaban J connectivity index is 2.01. The van der Waals surface area contributed by atoms with Crippen molar-refractivity contribution < 1.29 is 9.59 Å². The Morgan fingerprint density at radius 2 is 1.81 bits per heavy atom. The van der Waals surface area contributed by atoms with Gasteiger partial charge >= 0.3 is 6.03 Å². The molecular weight excluding hydrogens is 311 g/mol. The third kappa shape index (κ3) is 4.22. The summed E-state index contributed by atoms with van der Waals surface area (Å²) in [5.74, 6) is 0.308. The molecule has 3 amide bonds. The summed E-state index contributed by atoms with van der Waals surface area (Å²) in [6.07, 6.45) is 4.20. The van der Waals surface area contributed by atoms with E-state index in [-0.39, 0.29) is 11.9 Å². The number of amides is 3. The monoisotopic (exact) mass is 326 g/mol. The molecule has 0 unspecified atom stereocenters. The predicted molar refractivity (Wildman–Crippen MR) is 84.2 cm³/mol. The average Bonchev–Trinajstić information content (AvgIpc) is 2.73. The van der Waals surface area contributed by atoms with Crippen molar-refractivity contribution >= 4 is 41.2 Å². The largest absolute Gasteiger partial charge is 0.329 e. The summed E-state index contributed by atoms with van der Waals surface area (Å²) in [6, 6.07) is 6.68. The number of alkyl halides is 1. The maximum absolute atomic E-state index is 12.2. The lowest BCUT2D eigenvalue weighted by Crippen LogP contribution is -2.31. The molecule has 0 radical (unpaired) electrons. The smallest absolute Gasteiger partial charge is 0.303 e. The van der Waals surface area contributed by atoms with Gasteiger partial charge in [-0.05, 0) is 36.6 Å². The Morgan fingerprint density at radius 3 is 2.48 bits per heavy atom. The van der Waals surface area contributed by atoms with Crippen LogP contribution in [0.2, 0.25) is 5.02 Å². The number of nitrogens with zero attached hydrogens (tertiary/aromatic N) is 1. The van der Waals surface area contributed by atoms with Gasteiger partial charge in [0.05, 0.1) is 0 Å². The van der Waals surface area contributed by atoms with Crippen molar-refractivity contribution in [2.45, 2.75) is 19.3 Å². The molecule has 0 atom stereocenters. The van der Waals surface area contributed by atoms with E-state index in [1.54, 1.807) is 30.3 Å². The Labute approximate surface area is 133 Å². The van der Waals surface area contributed by atoms with Crippen LogP contribution in [0.3, 0.4) is 0 Å². The van der Waals surface area contributed by atoms with Gasteiger partial charge in [-0.2, -0.15) is 0 Å². The van der Waals surface area contributed by atoms with Crippen LogP contribution in [0.15, 0.2) is 30.0 Å². The number of unbranched alkanes of at least 4 members (excludes halogenated alkanes) is 2. The van der Waals surface area contributed by atoms with Crippen LogP contribution in [0, 0.1) is 0 Å². The standard InChI is InChI=1S/C15H16Cl2N2O2/c16-8-2-1-3-9-19-14(20)13(18-15(19)21)10-11-4-6-12(17)7-5-11/h4-7,10H,1-3,8-9H2,(H,18,21)/b13-10-. The zero-order valence-corrected chi connectivity index (χ0v) is 13.0. The van der Waals surface area contributed by atoms with Crippen molar-refractivity contribution in [3.05, 3.63) is 40.5 Å². The van der Waals surface area contributed by atoms with Gasteiger partial charge in [-0.15, -0.1) is 11.6 Å². The maximum Gasteiger partial charge on any atom is 0.329 e. The van der Waals surface area contributed by atoms with Gasteiger partial charge in [0.1, 0.15) is 5.70 Å². The van der Waals surface area contributed by atoms with Gasteiger partial charge in [0.2, 0.25) is 0 Å².